The van der Waals surface area contributed by atoms with E-state index in [0.29, 0.717) is 5.41 Å². The van der Waals surface area contributed by atoms with E-state index in [-0.39, 0.29) is 17.5 Å². The molecule has 0 aromatic heterocycles. The minimum absolute atomic E-state index is 0.0197. The summed E-state index contributed by atoms with van der Waals surface area (Å²) in [5.74, 6) is 4.86. The van der Waals surface area contributed by atoms with Gasteiger partial charge in [0.2, 0.25) is 0 Å². The monoisotopic (exact) mass is 616 g/mol. The van der Waals surface area contributed by atoms with Crippen LogP contribution >= 0.6 is 0 Å². The number of benzene rings is 3. The molecule has 4 aliphatic carbocycles. The molecule has 0 bridgehead atoms. The van der Waals surface area contributed by atoms with Gasteiger partial charge in [0.05, 0.1) is 0 Å². The smallest absolute Gasteiger partial charge is 0.331 e. The van der Waals surface area contributed by atoms with E-state index in [1.54, 1.807) is 11.6 Å². The molecule has 0 unspecified atom stereocenters. The Morgan fingerprint density at radius 3 is 2.33 bits per heavy atom. The largest absolute Gasteiger partial charge is 0.459 e. The van der Waals surface area contributed by atoms with Gasteiger partial charge in [-0.15, -0.1) is 0 Å². The number of allylic oxidation sites excluding steroid dienone is 1. The maximum atomic E-state index is 13.2. The standard InChI is InChI=1S/C44H56O2/c1-29(2)11-10-12-30(3)39-20-21-40-38-18-17-33-28-34(23-25-43(33,4)41(38)24-26-44(39,40)5)46-42(45)22-19-37-35-15-8-6-13-31(35)27-32-14-7-9-16-36(32)37/h6-9,13-17,19,22,27,29-30,34,38-41H,10-12,18,20-21,23-26,28H2,1-5H3/b22-19+/t30-,34+,38-,39+,40-,41-,43+,44+/m1/s1. The Morgan fingerprint density at radius 1 is 0.891 bits per heavy atom. The summed E-state index contributed by atoms with van der Waals surface area (Å²) in [5, 5.41) is 4.71. The number of hydrogen-bond acceptors (Lipinski definition) is 2. The van der Waals surface area contributed by atoms with Crippen molar-refractivity contribution in [1.82, 2.24) is 0 Å². The Labute approximate surface area is 278 Å². The van der Waals surface area contributed by atoms with Crippen molar-refractivity contribution >= 4 is 33.6 Å². The minimum atomic E-state index is -0.215. The van der Waals surface area contributed by atoms with Crippen molar-refractivity contribution < 1.29 is 9.53 Å². The van der Waals surface area contributed by atoms with Gasteiger partial charge in [0.1, 0.15) is 6.10 Å². The van der Waals surface area contributed by atoms with Gasteiger partial charge >= 0.3 is 5.97 Å². The average Bonchev–Trinajstić information content (AvgIpc) is 3.40. The molecule has 0 aliphatic heterocycles. The fourth-order valence-electron chi connectivity index (χ4n) is 11.3. The van der Waals surface area contributed by atoms with Gasteiger partial charge in [-0.2, -0.15) is 0 Å². The van der Waals surface area contributed by atoms with Crippen molar-refractivity contribution in [1.29, 1.82) is 0 Å². The molecule has 0 saturated heterocycles. The van der Waals surface area contributed by atoms with Crippen LogP contribution in [0.5, 0.6) is 0 Å². The van der Waals surface area contributed by atoms with E-state index < -0.39 is 0 Å². The maximum Gasteiger partial charge on any atom is 0.331 e. The SMILES string of the molecule is CC(C)CCC[C@@H](C)[C@@H]1CC[C@@H]2[C@H]3CC=C4C[C@@H](OC(=O)/C=C/c5c6ccccc6cc6ccccc56)CC[C@]4(C)[C@@H]3CC[C@]21C. The normalized spacial score (nSPS) is 33.1. The minimum Gasteiger partial charge on any atom is -0.459 e. The van der Waals surface area contributed by atoms with Gasteiger partial charge in [-0.25, -0.2) is 4.79 Å². The molecule has 3 aromatic carbocycles. The molecule has 3 saturated carbocycles. The van der Waals surface area contributed by atoms with Crippen molar-refractivity contribution in [3.8, 4) is 0 Å². The molecule has 3 fully saturated rings. The summed E-state index contributed by atoms with van der Waals surface area (Å²) in [7, 11) is 0. The lowest BCUT2D eigenvalue weighted by atomic mass is 9.47. The van der Waals surface area contributed by atoms with Gasteiger partial charge < -0.3 is 4.74 Å². The highest BCUT2D eigenvalue weighted by Crippen LogP contribution is 2.67. The number of ether oxygens (including phenoxy) is 1. The predicted molar refractivity (Wildman–Crippen MR) is 193 cm³/mol. The third kappa shape index (κ3) is 5.67. The van der Waals surface area contributed by atoms with E-state index in [2.05, 4.69) is 95.3 Å². The first-order valence-electron chi connectivity index (χ1n) is 18.7. The van der Waals surface area contributed by atoms with Crippen molar-refractivity contribution in [2.24, 2.45) is 46.3 Å². The molecular weight excluding hydrogens is 560 g/mol. The molecule has 0 amide bonds. The van der Waals surface area contributed by atoms with E-state index in [1.807, 2.05) is 6.08 Å². The molecule has 8 atom stereocenters. The summed E-state index contributed by atoms with van der Waals surface area (Å²) in [4.78, 5) is 13.2. The van der Waals surface area contributed by atoms with Gasteiger partial charge in [0.15, 0.2) is 0 Å². The Morgan fingerprint density at radius 2 is 1.61 bits per heavy atom. The Balaban J connectivity index is 1.02. The molecule has 4 aliphatic rings. The third-order valence-corrected chi connectivity index (χ3v) is 13.7. The molecule has 0 spiro atoms. The van der Waals surface area contributed by atoms with Crippen molar-refractivity contribution in [3.63, 3.8) is 0 Å². The van der Waals surface area contributed by atoms with Gasteiger partial charge in [0, 0.05) is 12.5 Å². The summed E-state index contributed by atoms with van der Waals surface area (Å²) in [6.45, 7) is 12.6. The van der Waals surface area contributed by atoms with Gasteiger partial charge in [-0.3, -0.25) is 0 Å². The molecule has 2 heteroatoms. The highest BCUT2D eigenvalue weighted by molar-refractivity contribution is 6.08. The van der Waals surface area contributed by atoms with E-state index in [4.69, 9.17) is 4.74 Å². The third-order valence-electron chi connectivity index (χ3n) is 13.7. The molecule has 244 valence electrons. The van der Waals surface area contributed by atoms with Crippen molar-refractivity contribution in [2.45, 2.75) is 111 Å². The Kier molecular flexibility index (Phi) is 8.71. The Hall–Kier alpha value is -2.87. The molecule has 46 heavy (non-hydrogen) atoms. The first-order chi connectivity index (χ1) is 22.2. The molecule has 0 N–H and O–H groups in total. The summed E-state index contributed by atoms with van der Waals surface area (Å²) < 4.78 is 6.17. The van der Waals surface area contributed by atoms with Crippen molar-refractivity contribution in [2.75, 3.05) is 0 Å². The lowest BCUT2D eigenvalue weighted by molar-refractivity contribution is -0.145. The molecule has 0 radical (unpaired) electrons. The first kappa shape index (κ1) is 31.7. The number of rotatable bonds is 8. The highest BCUT2D eigenvalue weighted by atomic mass is 16.5. The molecular formula is C44H56O2. The summed E-state index contributed by atoms with van der Waals surface area (Å²) in [6.07, 6.45) is 20.4. The van der Waals surface area contributed by atoms with Crippen LogP contribution < -0.4 is 0 Å². The lowest BCUT2D eigenvalue weighted by Crippen LogP contribution is -2.51. The number of carbonyl (C=O) groups is 1. The van der Waals surface area contributed by atoms with Crippen LogP contribution in [0.3, 0.4) is 0 Å². The second-order valence-corrected chi connectivity index (χ2v) is 16.7. The Bertz CT molecular complexity index is 1590. The second-order valence-electron chi connectivity index (χ2n) is 16.7. The van der Waals surface area contributed by atoms with Crippen LogP contribution in [0.15, 0.2) is 72.3 Å². The zero-order chi connectivity index (χ0) is 32.1. The van der Waals surface area contributed by atoms with Crippen LogP contribution in [0, 0.1) is 46.3 Å². The molecule has 2 nitrogen and oxygen atoms in total. The molecule has 0 heterocycles. The van der Waals surface area contributed by atoms with Gasteiger partial charge in [-0.05, 0) is 131 Å². The van der Waals surface area contributed by atoms with Crippen LogP contribution in [0.1, 0.15) is 111 Å². The van der Waals surface area contributed by atoms with Crippen LogP contribution in [0.4, 0.5) is 0 Å². The number of carbonyl (C=O) groups excluding carboxylic acids is 1. The second kappa shape index (κ2) is 12.6. The lowest BCUT2D eigenvalue weighted by Gasteiger charge is -2.58. The zero-order valence-electron chi connectivity index (χ0n) is 29.1. The van der Waals surface area contributed by atoms with Crippen LogP contribution in [-0.2, 0) is 9.53 Å². The maximum absolute atomic E-state index is 13.2. The van der Waals surface area contributed by atoms with E-state index in [1.165, 1.54) is 72.9 Å². The topological polar surface area (TPSA) is 26.3 Å². The van der Waals surface area contributed by atoms with Crippen LogP contribution in [0.25, 0.3) is 27.6 Å². The molecule has 7 rings (SSSR count). The van der Waals surface area contributed by atoms with E-state index in [0.717, 1.165) is 60.3 Å². The fraction of sp³-hybridized carbons (Fsp3) is 0.568. The molecule has 3 aromatic rings. The number of hydrogen-bond donors (Lipinski definition) is 0. The summed E-state index contributed by atoms with van der Waals surface area (Å²) in [6, 6.07) is 19.1. The number of fused-ring (bicyclic) bond motifs is 7. The number of esters is 1. The fourth-order valence-corrected chi connectivity index (χ4v) is 11.3. The van der Waals surface area contributed by atoms with Crippen LogP contribution in [0.2, 0.25) is 0 Å². The summed E-state index contributed by atoms with van der Waals surface area (Å²) >= 11 is 0. The first-order valence-corrected chi connectivity index (χ1v) is 18.7. The highest BCUT2D eigenvalue weighted by Gasteiger charge is 2.59. The van der Waals surface area contributed by atoms with E-state index in [9.17, 15) is 4.79 Å². The van der Waals surface area contributed by atoms with Crippen molar-refractivity contribution in [3.05, 3.63) is 77.9 Å². The van der Waals surface area contributed by atoms with Crippen LogP contribution in [-0.4, -0.2) is 12.1 Å². The van der Waals surface area contributed by atoms with E-state index >= 15 is 0 Å². The quantitative estimate of drug-likeness (QED) is 0.109. The van der Waals surface area contributed by atoms with Gasteiger partial charge in [0.25, 0.3) is 0 Å². The zero-order valence-corrected chi connectivity index (χ0v) is 29.1. The predicted octanol–water partition coefficient (Wildman–Crippen LogP) is 12.0. The summed E-state index contributed by atoms with van der Waals surface area (Å²) in [5.41, 5.74) is 3.47. The van der Waals surface area contributed by atoms with Gasteiger partial charge in [-0.1, -0.05) is 114 Å². The average molecular weight is 617 g/mol.